The molecule has 3 aromatic rings. The topological polar surface area (TPSA) is 90.4 Å². The molecule has 0 radical (unpaired) electrons. The number of benzene rings is 2. The zero-order chi connectivity index (χ0) is 17.6. The number of nitrogens with zero attached hydrogens (tertiary/aromatic N) is 3. The first-order valence-corrected chi connectivity index (χ1v) is 7.75. The molecule has 1 aromatic heterocycles. The lowest BCUT2D eigenvalue weighted by atomic mass is 10.2. The van der Waals surface area contributed by atoms with Gasteiger partial charge >= 0.3 is 0 Å². The van der Waals surface area contributed by atoms with Gasteiger partial charge in [-0.15, -0.1) is 0 Å². The Morgan fingerprint density at radius 3 is 2.76 bits per heavy atom. The average molecular weight is 339 g/mol. The van der Waals surface area contributed by atoms with Crippen LogP contribution in [-0.2, 0) is 6.54 Å². The van der Waals surface area contributed by atoms with Crippen LogP contribution >= 0.6 is 0 Å². The minimum absolute atomic E-state index is 0.0214. The molecule has 3 rings (SSSR count). The lowest BCUT2D eigenvalue weighted by Gasteiger charge is -2.15. The fraction of sp³-hybridized carbons (Fsp3) is 0.167. The second kappa shape index (κ2) is 7.59. The smallest absolute Gasteiger partial charge is 0.273 e. The number of aliphatic hydroxyl groups is 1. The molecule has 2 aromatic carbocycles. The second-order valence-electron chi connectivity index (χ2n) is 5.49. The van der Waals surface area contributed by atoms with Crippen LogP contribution < -0.4 is 4.74 Å². The Labute approximate surface area is 144 Å². The lowest BCUT2D eigenvalue weighted by Crippen LogP contribution is -2.23. The second-order valence-corrected chi connectivity index (χ2v) is 5.49. The van der Waals surface area contributed by atoms with Crippen LogP contribution in [0.4, 0.5) is 5.69 Å². The van der Waals surface area contributed by atoms with Crippen LogP contribution in [0.15, 0.2) is 67.0 Å². The summed E-state index contributed by atoms with van der Waals surface area (Å²) in [5.41, 5.74) is 0.910. The standard InChI is InChI=1S/C18H17N3O4/c22-16(13-25-17-8-4-7-15(11-17)21(23)24)12-20-10-9-19-18(20)14-5-2-1-3-6-14/h1-11,16,22H,12-13H2. The van der Waals surface area contributed by atoms with Crippen molar-refractivity contribution in [3.63, 3.8) is 0 Å². The molecule has 0 fully saturated rings. The number of aliphatic hydroxyl groups excluding tert-OH is 1. The third kappa shape index (κ3) is 4.21. The molecule has 0 aliphatic heterocycles. The van der Waals surface area contributed by atoms with Crippen molar-refractivity contribution in [1.29, 1.82) is 0 Å². The number of aromatic nitrogens is 2. The van der Waals surface area contributed by atoms with Gasteiger partial charge in [0.1, 0.15) is 24.3 Å². The van der Waals surface area contributed by atoms with Crippen molar-refractivity contribution in [1.82, 2.24) is 9.55 Å². The average Bonchev–Trinajstić information content (AvgIpc) is 3.09. The molecular formula is C18H17N3O4. The summed E-state index contributed by atoms with van der Waals surface area (Å²) in [5.74, 6) is 1.11. The van der Waals surface area contributed by atoms with E-state index < -0.39 is 11.0 Å². The van der Waals surface area contributed by atoms with Gasteiger partial charge in [-0.3, -0.25) is 10.1 Å². The van der Waals surface area contributed by atoms with Crippen LogP contribution in [0.25, 0.3) is 11.4 Å². The Morgan fingerprint density at radius 1 is 1.20 bits per heavy atom. The van der Waals surface area contributed by atoms with Gasteiger partial charge in [-0.1, -0.05) is 36.4 Å². The molecule has 7 nitrogen and oxygen atoms in total. The van der Waals surface area contributed by atoms with Gasteiger partial charge in [-0.05, 0) is 6.07 Å². The van der Waals surface area contributed by atoms with Crippen molar-refractivity contribution in [2.45, 2.75) is 12.6 Å². The highest BCUT2D eigenvalue weighted by Crippen LogP contribution is 2.20. The van der Waals surface area contributed by atoms with E-state index in [1.54, 1.807) is 24.5 Å². The molecule has 1 N–H and O–H groups in total. The van der Waals surface area contributed by atoms with E-state index in [0.29, 0.717) is 12.3 Å². The fourth-order valence-corrected chi connectivity index (χ4v) is 2.46. The van der Waals surface area contributed by atoms with Gasteiger partial charge in [0.15, 0.2) is 0 Å². The quantitative estimate of drug-likeness (QED) is 0.528. The van der Waals surface area contributed by atoms with E-state index in [4.69, 9.17) is 4.74 Å². The molecule has 1 atom stereocenters. The summed E-state index contributed by atoms with van der Waals surface area (Å²) in [6.07, 6.45) is 2.69. The monoisotopic (exact) mass is 339 g/mol. The highest BCUT2D eigenvalue weighted by atomic mass is 16.6. The molecule has 7 heteroatoms. The van der Waals surface area contributed by atoms with Crippen LogP contribution in [0.3, 0.4) is 0 Å². The molecule has 25 heavy (non-hydrogen) atoms. The number of non-ortho nitro benzene ring substituents is 1. The first kappa shape index (κ1) is 16.7. The summed E-state index contributed by atoms with van der Waals surface area (Å²) in [4.78, 5) is 14.6. The maximum absolute atomic E-state index is 10.8. The van der Waals surface area contributed by atoms with Gasteiger partial charge in [0.25, 0.3) is 5.69 Å². The number of ether oxygens (including phenoxy) is 1. The predicted molar refractivity (Wildman–Crippen MR) is 92.3 cm³/mol. The Morgan fingerprint density at radius 2 is 2.00 bits per heavy atom. The lowest BCUT2D eigenvalue weighted by molar-refractivity contribution is -0.384. The molecule has 0 spiro atoms. The van der Waals surface area contributed by atoms with E-state index in [-0.39, 0.29) is 12.3 Å². The normalized spacial score (nSPS) is 11.9. The number of hydrogen-bond acceptors (Lipinski definition) is 5. The molecule has 0 aliphatic carbocycles. The SMILES string of the molecule is O=[N+]([O-])c1cccc(OCC(O)Cn2ccnc2-c2ccccc2)c1. The minimum atomic E-state index is -0.782. The number of hydrogen-bond donors (Lipinski definition) is 1. The fourth-order valence-electron chi connectivity index (χ4n) is 2.46. The zero-order valence-corrected chi connectivity index (χ0v) is 13.4. The summed E-state index contributed by atoms with van der Waals surface area (Å²) in [7, 11) is 0. The first-order chi connectivity index (χ1) is 12.1. The molecule has 128 valence electrons. The zero-order valence-electron chi connectivity index (χ0n) is 13.4. The minimum Gasteiger partial charge on any atom is -0.491 e. The molecule has 0 aliphatic rings. The Balaban J connectivity index is 1.62. The van der Waals surface area contributed by atoms with Crippen LogP contribution in [0.1, 0.15) is 0 Å². The predicted octanol–water partition coefficient (Wildman–Crippen LogP) is 2.90. The molecule has 0 amide bonds. The van der Waals surface area contributed by atoms with Crippen molar-refractivity contribution in [3.05, 3.63) is 77.1 Å². The third-order valence-electron chi connectivity index (χ3n) is 3.63. The van der Waals surface area contributed by atoms with Gasteiger partial charge in [-0.2, -0.15) is 0 Å². The molecular weight excluding hydrogens is 322 g/mol. The maximum Gasteiger partial charge on any atom is 0.273 e. The summed E-state index contributed by atoms with van der Waals surface area (Å²) in [6, 6.07) is 15.6. The summed E-state index contributed by atoms with van der Waals surface area (Å²) < 4.78 is 7.31. The van der Waals surface area contributed by atoms with Crippen LogP contribution in [0.5, 0.6) is 5.75 Å². The number of rotatable bonds is 7. The highest BCUT2D eigenvalue weighted by Gasteiger charge is 2.12. The molecule has 1 unspecified atom stereocenters. The van der Waals surface area contributed by atoms with Crippen molar-refractivity contribution < 1.29 is 14.8 Å². The summed E-state index contributed by atoms with van der Waals surface area (Å²) in [5, 5.41) is 21.0. The number of imidazole rings is 1. The van der Waals surface area contributed by atoms with Gasteiger partial charge in [0, 0.05) is 24.0 Å². The molecule has 0 saturated carbocycles. The van der Waals surface area contributed by atoms with E-state index >= 15 is 0 Å². The number of nitro groups is 1. The molecule has 1 heterocycles. The van der Waals surface area contributed by atoms with E-state index in [2.05, 4.69) is 4.98 Å². The number of nitro benzene ring substituents is 1. The van der Waals surface area contributed by atoms with Gasteiger partial charge in [-0.25, -0.2) is 4.98 Å². The first-order valence-electron chi connectivity index (χ1n) is 7.75. The Hall–Kier alpha value is -3.19. The van der Waals surface area contributed by atoms with E-state index in [1.165, 1.54) is 12.1 Å². The third-order valence-corrected chi connectivity index (χ3v) is 3.63. The van der Waals surface area contributed by atoms with E-state index in [0.717, 1.165) is 11.4 Å². The van der Waals surface area contributed by atoms with Crippen LogP contribution in [0, 0.1) is 10.1 Å². The van der Waals surface area contributed by atoms with Crippen LogP contribution in [0.2, 0.25) is 0 Å². The largest absolute Gasteiger partial charge is 0.491 e. The Bertz CT molecular complexity index is 848. The van der Waals surface area contributed by atoms with Crippen molar-refractivity contribution in [2.75, 3.05) is 6.61 Å². The van der Waals surface area contributed by atoms with Gasteiger partial charge < -0.3 is 14.4 Å². The maximum atomic E-state index is 10.8. The molecule has 0 bridgehead atoms. The Kier molecular flexibility index (Phi) is 5.06. The molecule has 0 saturated heterocycles. The van der Waals surface area contributed by atoms with E-state index in [9.17, 15) is 15.2 Å². The highest BCUT2D eigenvalue weighted by molar-refractivity contribution is 5.55. The van der Waals surface area contributed by atoms with Gasteiger partial charge in [0.05, 0.1) is 17.5 Å². The van der Waals surface area contributed by atoms with Crippen molar-refractivity contribution >= 4 is 5.69 Å². The van der Waals surface area contributed by atoms with E-state index in [1.807, 2.05) is 34.9 Å². The van der Waals surface area contributed by atoms with Crippen LogP contribution in [-0.4, -0.2) is 32.3 Å². The van der Waals surface area contributed by atoms with Crippen molar-refractivity contribution in [2.24, 2.45) is 0 Å². The summed E-state index contributed by atoms with van der Waals surface area (Å²) in [6.45, 7) is 0.326. The van der Waals surface area contributed by atoms with Gasteiger partial charge in [0.2, 0.25) is 0 Å². The summed E-state index contributed by atoms with van der Waals surface area (Å²) >= 11 is 0. The van der Waals surface area contributed by atoms with Crippen molar-refractivity contribution in [3.8, 4) is 17.1 Å².